The lowest BCUT2D eigenvalue weighted by Crippen LogP contribution is -1.93. The molecule has 0 unspecified atom stereocenters. The summed E-state index contributed by atoms with van der Waals surface area (Å²) in [5, 5.41) is 1.04. The predicted octanol–water partition coefficient (Wildman–Crippen LogP) is 2.75. The molecule has 0 atom stereocenters. The first-order valence-electron chi connectivity index (χ1n) is 4.10. The quantitative estimate of drug-likeness (QED) is 0.709. The second kappa shape index (κ2) is 3.21. The molecule has 0 saturated heterocycles. The highest BCUT2D eigenvalue weighted by Crippen LogP contribution is 2.30. The Hall–Kier alpha value is -1.71. The molecule has 0 aliphatic heterocycles. The van der Waals surface area contributed by atoms with Crippen molar-refractivity contribution in [2.75, 3.05) is 5.73 Å². The molecule has 0 fully saturated rings. The SMILES string of the molecule is Nc1cccc2cncc(C(F)F)c12. The molecule has 0 spiro atoms. The monoisotopic (exact) mass is 194 g/mol. The van der Waals surface area contributed by atoms with Gasteiger partial charge in [0.2, 0.25) is 0 Å². The maximum atomic E-state index is 12.6. The van der Waals surface area contributed by atoms with Gasteiger partial charge in [0.05, 0.1) is 0 Å². The molecule has 0 amide bonds. The molecule has 0 bridgehead atoms. The van der Waals surface area contributed by atoms with E-state index in [9.17, 15) is 8.78 Å². The number of pyridine rings is 1. The summed E-state index contributed by atoms with van der Waals surface area (Å²) in [6.45, 7) is 0. The van der Waals surface area contributed by atoms with Crippen LogP contribution < -0.4 is 5.73 Å². The Bertz CT molecular complexity index is 463. The molecule has 0 saturated carbocycles. The van der Waals surface area contributed by atoms with Crippen LogP contribution in [0.2, 0.25) is 0 Å². The highest BCUT2D eigenvalue weighted by Gasteiger charge is 2.13. The van der Waals surface area contributed by atoms with Crippen molar-refractivity contribution in [3.05, 3.63) is 36.2 Å². The lowest BCUT2D eigenvalue weighted by Gasteiger charge is -2.06. The highest BCUT2D eigenvalue weighted by molar-refractivity contribution is 5.94. The number of halogens is 2. The van der Waals surface area contributed by atoms with Gasteiger partial charge in [0, 0.05) is 34.4 Å². The number of alkyl halides is 2. The van der Waals surface area contributed by atoms with Crippen molar-refractivity contribution < 1.29 is 8.78 Å². The zero-order chi connectivity index (χ0) is 10.1. The van der Waals surface area contributed by atoms with Gasteiger partial charge in [0.25, 0.3) is 6.43 Å². The van der Waals surface area contributed by atoms with E-state index in [4.69, 9.17) is 5.73 Å². The molecular weight excluding hydrogens is 186 g/mol. The van der Waals surface area contributed by atoms with Gasteiger partial charge in [-0.05, 0) is 6.07 Å². The van der Waals surface area contributed by atoms with Crippen LogP contribution in [0.15, 0.2) is 30.6 Å². The molecule has 0 aliphatic carbocycles. The third-order valence-electron chi connectivity index (χ3n) is 2.08. The molecule has 72 valence electrons. The third-order valence-corrected chi connectivity index (χ3v) is 2.08. The minimum Gasteiger partial charge on any atom is -0.398 e. The first-order valence-corrected chi connectivity index (χ1v) is 4.10. The molecule has 2 nitrogen and oxygen atoms in total. The summed E-state index contributed by atoms with van der Waals surface area (Å²) in [4.78, 5) is 3.74. The van der Waals surface area contributed by atoms with Crippen LogP contribution >= 0.6 is 0 Å². The Labute approximate surface area is 79.4 Å². The van der Waals surface area contributed by atoms with Crippen LogP contribution in [-0.4, -0.2) is 4.98 Å². The summed E-state index contributed by atoms with van der Waals surface area (Å²) in [5.41, 5.74) is 5.88. The third kappa shape index (κ3) is 1.28. The molecule has 1 heterocycles. The molecule has 1 aromatic carbocycles. The number of aromatic nitrogens is 1. The number of hydrogen-bond acceptors (Lipinski definition) is 2. The second-order valence-corrected chi connectivity index (χ2v) is 2.97. The Morgan fingerprint density at radius 2 is 2.00 bits per heavy atom. The van der Waals surface area contributed by atoms with E-state index < -0.39 is 6.43 Å². The lowest BCUT2D eigenvalue weighted by atomic mass is 10.1. The van der Waals surface area contributed by atoms with Gasteiger partial charge in [-0.25, -0.2) is 8.78 Å². The number of nitrogens with zero attached hydrogens (tertiary/aromatic N) is 1. The fourth-order valence-corrected chi connectivity index (χ4v) is 1.46. The van der Waals surface area contributed by atoms with E-state index >= 15 is 0 Å². The number of nitrogens with two attached hydrogens (primary N) is 1. The largest absolute Gasteiger partial charge is 0.398 e. The van der Waals surface area contributed by atoms with Crippen molar-refractivity contribution in [2.24, 2.45) is 0 Å². The van der Waals surface area contributed by atoms with Gasteiger partial charge in [-0.2, -0.15) is 0 Å². The maximum Gasteiger partial charge on any atom is 0.266 e. The van der Waals surface area contributed by atoms with Gasteiger partial charge < -0.3 is 5.73 Å². The van der Waals surface area contributed by atoms with E-state index in [1.54, 1.807) is 18.2 Å². The Morgan fingerprint density at radius 3 is 2.71 bits per heavy atom. The first kappa shape index (κ1) is 8.87. The number of rotatable bonds is 1. The summed E-state index contributed by atoms with van der Waals surface area (Å²) in [5.74, 6) is 0. The zero-order valence-electron chi connectivity index (χ0n) is 7.24. The van der Waals surface area contributed by atoms with Crippen molar-refractivity contribution in [3.8, 4) is 0 Å². The molecule has 0 radical (unpaired) electrons. The van der Waals surface area contributed by atoms with Crippen molar-refractivity contribution >= 4 is 16.5 Å². The minimum absolute atomic E-state index is 0.111. The normalized spacial score (nSPS) is 11.1. The summed E-state index contributed by atoms with van der Waals surface area (Å²) in [7, 11) is 0. The van der Waals surface area contributed by atoms with Crippen LogP contribution in [0.25, 0.3) is 10.8 Å². The molecule has 0 aliphatic rings. The van der Waals surface area contributed by atoms with Crippen molar-refractivity contribution in [3.63, 3.8) is 0 Å². The second-order valence-electron chi connectivity index (χ2n) is 2.97. The summed E-state index contributed by atoms with van der Waals surface area (Å²) >= 11 is 0. The lowest BCUT2D eigenvalue weighted by molar-refractivity contribution is 0.153. The van der Waals surface area contributed by atoms with E-state index in [1.165, 1.54) is 6.20 Å². The van der Waals surface area contributed by atoms with Gasteiger partial charge in [-0.15, -0.1) is 0 Å². The molecule has 2 rings (SSSR count). The molecule has 4 heteroatoms. The highest BCUT2D eigenvalue weighted by atomic mass is 19.3. The fraction of sp³-hybridized carbons (Fsp3) is 0.100. The van der Waals surface area contributed by atoms with Crippen molar-refractivity contribution in [2.45, 2.75) is 6.43 Å². The van der Waals surface area contributed by atoms with Gasteiger partial charge in [0.15, 0.2) is 0 Å². The summed E-state index contributed by atoms with van der Waals surface area (Å²) < 4.78 is 25.2. The zero-order valence-corrected chi connectivity index (χ0v) is 7.24. The standard InChI is InChI=1S/C10H8F2N2/c11-10(12)7-5-14-4-6-2-1-3-8(13)9(6)7/h1-5,10H,13H2. The van der Waals surface area contributed by atoms with Crippen molar-refractivity contribution in [1.29, 1.82) is 0 Å². The number of nitrogen functional groups attached to an aromatic ring is 1. The first-order chi connectivity index (χ1) is 6.70. The predicted molar refractivity (Wildman–Crippen MR) is 51.1 cm³/mol. The Balaban J connectivity index is 2.84. The van der Waals surface area contributed by atoms with E-state index in [1.807, 2.05) is 0 Å². The number of hydrogen-bond donors (Lipinski definition) is 1. The number of fused-ring (bicyclic) bond motifs is 1. The van der Waals surface area contributed by atoms with Gasteiger partial charge in [-0.1, -0.05) is 12.1 Å². The van der Waals surface area contributed by atoms with Crippen LogP contribution in [0, 0.1) is 0 Å². The smallest absolute Gasteiger partial charge is 0.266 e. The van der Waals surface area contributed by atoms with Gasteiger partial charge in [0.1, 0.15) is 0 Å². The van der Waals surface area contributed by atoms with E-state index in [0.717, 1.165) is 6.20 Å². The van der Waals surface area contributed by atoms with Crippen LogP contribution in [0.3, 0.4) is 0 Å². The maximum absolute atomic E-state index is 12.6. The summed E-state index contributed by atoms with van der Waals surface area (Å²) in [6.07, 6.45) is 0.136. The topological polar surface area (TPSA) is 38.9 Å². The van der Waals surface area contributed by atoms with Crippen molar-refractivity contribution in [1.82, 2.24) is 4.98 Å². The molecule has 1 aromatic heterocycles. The van der Waals surface area contributed by atoms with E-state index in [2.05, 4.69) is 4.98 Å². The molecule has 2 aromatic rings. The summed E-state index contributed by atoms with van der Waals surface area (Å²) in [6, 6.07) is 5.04. The Kier molecular flexibility index (Phi) is 2.04. The van der Waals surface area contributed by atoms with Gasteiger partial charge >= 0.3 is 0 Å². The minimum atomic E-state index is -2.55. The average Bonchev–Trinajstić information content (AvgIpc) is 2.17. The average molecular weight is 194 g/mol. The number of anilines is 1. The molecule has 14 heavy (non-hydrogen) atoms. The van der Waals surface area contributed by atoms with Crippen LogP contribution in [0.1, 0.15) is 12.0 Å². The van der Waals surface area contributed by atoms with Crippen LogP contribution in [0.4, 0.5) is 14.5 Å². The van der Waals surface area contributed by atoms with E-state index in [-0.39, 0.29) is 5.56 Å². The van der Waals surface area contributed by atoms with Crippen LogP contribution in [0.5, 0.6) is 0 Å². The van der Waals surface area contributed by atoms with Crippen LogP contribution in [-0.2, 0) is 0 Å². The van der Waals surface area contributed by atoms with E-state index in [0.29, 0.717) is 16.5 Å². The molecule has 2 N–H and O–H groups in total. The van der Waals surface area contributed by atoms with Gasteiger partial charge in [-0.3, -0.25) is 4.98 Å². The fourth-order valence-electron chi connectivity index (χ4n) is 1.46. The molecular formula is C10H8F2N2. The number of benzene rings is 1. The Morgan fingerprint density at radius 1 is 1.21 bits per heavy atom.